The highest BCUT2D eigenvalue weighted by Gasteiger charge is 2.18. The summed E-state index contributed by atoms with van der Waals surface area (Å²) in [4.78, 5) is 0. The Morgan fingerprint density at radius 2 is 1.39 bits per heavy atom. The lowest BCUT2D eigenvalue weighted by Gasteiger charge is -2.09. The van der Waals surface area contributed by atoms with Crippen LogP contribution in [0.2, 0.25) is 0 Å². The van der Waals surface area contributed by atoms with Crippen LogP contribution in [0, 0.1) is 0 Å². The molecule has 0 aromatic heterocycles. The van der Waals surface area contributed by atoms with Gasteiger partial charge in [0.05, 0.1) is 6.61 Å². The fourth-order valence-electron chi connectivity index (χ4n) is 4.14. The van der Waals surface area contributed by atoms with Gasteiger partial charge in [-0.25, -0.2) is 0 Å². The molecule has 1 aliphatic rings. The number of hydrogen-bond acceptors (Lipinski definition) is 1. The van der Waals surface area contributed by atoms with Crippen LogP contribution in [0.4, 0.5) is 0 Å². The third-order valence-corrected chi connectivity index (χ3v) is 5.75. The predicted molar refractivity (Wildman–Crippen MR) is 119 cm³/mol. The molecule has 0 radical (unpaired) electrons. The van der Waals surface area contributed by atoms with Gasteiger partial charge < -0.3 is 4.74 Å². The van der Waals surface area contributed by atoms with Crippen molar-refractivity contribution in [3.63, 3.8) is 0 Å². The Labute approximate surface area is 169 Å². The molecule has 0 heterocycles. The summed E-state index contributed by atoms with van der Waals surface area (Å²) in [7, 11) is 0. The molecule has 0 aliphatic heterocycles. The van der Waals surface area contributed by atoms with E-state index in [1.54, 1.807) is 0 Å². The van der Waals surface area contributed by atoms with Crippen molar-refractivity contribution in [2.75, 3.05) is 6.61 Å². The molecule has 28 heavy (non-hydrogen) atoms. The number of rotatable bonds is 9. The Morgan fingerprint density at radius 3 is 2.25 bits per heavy atom. The van der Waals surface area contributed by atoms with Gasteiger partial charge in [-0.05, 0) is 58.4 Å². The number of benzene rings is 3. The lowest BCUT2D eigenvalue weighted by molar-refractivity contribution is 0.304. The molecular weight excluding hydrogens is 340 g/mol. The van der Waals surface area contributed by atoms with Crippen molar-refractivity contribution in [2.24, 2.45) is 0 Å². The van der Waals surface area contributed by atoms with E-state index in [4.69, 9.17) is 4.74 Å². The molecule has 3 aromatic carbocycles. The summed E-state index contributed by atoms with van der Waals surface area (Å²) in [5.74, 6) is 0.978. The van der Waals surface area contributed by atoms with Crippen LogP contribution in [0.25, 0.3) is 22.3 Å². The van der Waals surface area contributed by atoms with E-state index in [2.05, 4.69) is 73.7 Å². The highest BCUT2D eigenvalue weighted by atomic mass is 16.5. The third-order valence-electron chi connectivity index (χ3n) is 5.75. The van der Waals surface area contributed by atoms with Crippen LogP contribution in [0.1, 0.15) is 56.6 Å². The van der Waals surface area contributed by atoms with Crippen LogP contribution in [0.15, 0.2) is 66.7 Å². The van der Waals surface area contributed by atoms with Crippen LogP contribution in [0.3, 0.4) is 0 Å². The van der Waals surface area contributed by atoms with Gasteiger partial charge in [0.1, 0.15) is 5.75 Å². The second-order valence-corrected chi connectivity index (χ2v) is 7.85. The SMILES string of the molecule is CCCCCCCCOc1ccc(-c2ccc3c(c2)Cc2ccccc2-3)cc1. The molecule has 0 fully saturated rings. The second-order valence-electron chi connectivity index (χ2n) is 7.85. The first-order valence-electron chi connectivity index (χ1n) is 10.8. The zero-order valence-electron chi connectivity index (χ0n) is 16.9. The Morgan fingerprint density at radius 1 is 0.679 bits per heavy atom. The Hall–Kier alpha value is -2.54. The van der Waals surface area contributed by atoms with E-state index in [-0.39, 0.29) is 0 Å². The second kappa shape index (κ2) is 9.10. The van der Waals surface area contributed by atoms with Gasteiger partial charge in [-0.15, -0.1) is 0 Å². The average Bonchev–Trinajstić information content (AvgIpc) is 3.11. The molecule has 1 aliphatic carbocycles. The van der Waals surface area contributed by atoms with Crippen molar-refractivity contribution >= 4 is 0 Å². The van der Waals surface area contributed by atoms with Gasteiger partial charge in [0.2, 0.25) is 0 Å². The first kappa shape index (κ1) is 18.8. The first-order valence-corrected chi connectivity index (χ1v) is 10.8. The molecule has 0 saturated carbocycles. The molecule has 0 amide bonds. The van der Waals surface area contributed by atoms with Crippen molar-refractivity contribution in [3.8, 4) is 28.0 Å². The van der Waals surface area contributed by atoms with Gasteiger partial charge in [-0.2, -0.15) is 0 Å². The largest absolute Gasteiger partial charge is 0.494 e. The molecular formula is C27H30O. The van der Waals surface area contributed by atoms with Gasteiger partial charge in [-0.3, -0.25) is 0 Å². The minimum Gasteiger partial charge on any atom is -0.494 e. The summed E-state index contributed by atoms with van der Waals surface area (Å²) in [6, 6.07) is 24.2. The van der Waals surface area contributed by atoms with Crippen molar-refractivity contribution < 1.29 is 4.74 Å². The van der Waals surface area contributed by atoms with E-state index < -0.39 is 0 Å². The quantitative estimate of drug-likeness (QED) is 0.275. The minimum absolute atomic E-state index is 0.822. The fraction of sp³-hybridized carbons (Fsp3) is 0.333. The highest BCUT2D eigenvalue weighted by molar-refractivity contribution is 5.80. The number of unbranched alkanes of at least 4 members (excludes halogenated alkanes) is 5. The lowest BCUT2D eigenvalue weighted by Crippen LogP contribution is -1.97. The number of hydrogen-bond donors (Lipinski definition) is 0. The van der Waals surface area contributed by atoms with E-state index in [1.165, 1.54) is 65.5 Å². The van der Waals surface area contributed by atoms with Crippen LogP contribution in [-0.2, 0) is 6.42 Å². The lowest BCUT2D eigenvalue weighted by atomic mass is 9.99. The molecule has 144 valence electrons. The van der Waals surface area contributed by atoms with Gasteiger partial charge >= 0.3 is 0 Å². The van der Waals surface area contributed by atoms with Crippen molar-refractivity contribution in [2.45, 2.75) is 51.9 Å². The molecule has 3 aromatic rings. The van der Waals surface area contributed by atoms with Gasteiger partial charge in [0, 0.05) is 0 Å². The summed E-state index contributed by atoms with van der Waals surface area (Å²) >= 11 is 0. The third kappa shape index (κ3) is 4.30. The molecule has 0 unspecified atom stereocenters. The van der Waals surface area contributed by atoms with Crippen LogP contribution >= 0.6 is 0 Å². The molecule has 1 nitrogen and oxygen atoms in total. The highest BCUT2D eigenvalue weighted by Crippen LogP contribution is 2.38. The normalized spacial score (nSPS) is 11.9. The Balaban J connectivity index is 1.34. The average molecular weight is 371 g/mol. The number of fused-ring (bicyclic) bond motifs is 3. The summed E-state index contributed by atoms with van der Waals surface area (Å²) in [6.45, 7) is 3.08. The molecule has 0 saturated heterocycles. The van der Waals surface area contributed by atoms with E-state index in [9.17, 15) is 0 Å². The Bertz CT molecular complexity index is 908. The molecule has 0 spiro atoms. The van der Waals surface area contributed by atoms with E-state index in [0.717, 1.165) is 25.2 Å². The zero-order valence-corrected chi connectivity index (χ0v) is 16.9. The summed E-state index contributed by atoms with van der Waals surface area (Å²) in [6.07, 6.45) is 8.82. The van der Waals surface area contributed by atoms with Crippen LogP contribution in [-0.4, -0.2) is 6.61 Å². The van der Waals surface area contributed by atoms with Gasteiger partial charge in [0.25, 0.3) is 0 Å². The molecule has 0 N–H and O–H groups in total. The molecule has 0 bridgehead atoms. The number of ether oxygens (including phenoxy) is 1. The smallest absolute Gasteiger partial charge is 0.119 e. The maximum Gasteiger partial charge on any atom is 0.119 e. The van der Waals surface area contributed by atoms with Crippen molar-refractivity contribution in [1.82, 2.24) is 0 Å². The minimum atomic E-state index is 0.822. The van der Waals surface area contributed by atoms with Crippen LogP contribution < -0.4 is 4.74 Å². The van der Waals surface area contributed by atoms with Gasteiger partial charge in [-0.1, -0.05) is 93.6 Å². The monoisotopic (exact) mass is 370 g/mol. The van der Waals surface area contributed by atoms with Crippen molar-refractivity contribution in [1.29, 1.82) is 0 Å². The summed E-state index contributed by atoms with van der Waals surface area (Å²) < 4.78 is 5.92. The first-order chi connectivity index (χ1) is 13.8. The van der Waals surface area contributed by atoms with Gasteiger partial charge in [0.15, 0.2) is 0 Å². The van der Waals surface area contributed by atoms with E-state index in [0.29, 0.717) is 0 Å². The van der Waals surface area contributed by atoms with E-state index >= 15 is 0 Å². The van der Waals surface area contributed by atoms with Crippen LogP contribution in [0.5, 0.6) is 5.75 Å². The fourth-order valence-corrected chi connectivity index (χ4v) is 4.14. The maximum absolute atomic E-state index is 5.92. The topological polar surface area (TPSA) is 9.23 Å². The Kier molecular flexibility index (Phi) is 6.11. The predicted octanol–water partition coefficient (Wildman–Crippen LogP) is 7.66. The molecule has 0 atom stereocenters. The molecule has 1 heteroatoms. The standard InChI is InChI=1S/C27H30O/c1-2-3-4-5-6-9-18-28-25-15-12-21(13-16-25)22-14-17-27-24(19-22)20-23-10-7-8-11-26(23)27/h7-8,10-17,19H,2-6,9,18,20H2,1H3. The molecule has 4 rings (SSSR count). The zero-order chi connectivity index (χ0) is 19.2. The van der Waals surface area contributed by atoms with E-state index in [1.807, 2.05) is 0 Å². The van der Waals surface area contributed by atoms with Crippen molar-refractivity contribution in [3.05, 3.63) is 77.9 Å². The summed E-state index contributed by atoms with van der Waals surface area (Å²) in [5, 5.41) is 0. The maximum atomic E-state index is 5.92. The summed E-state index contributed by atoms with van der Waals surface area (Å²) in [5.41, 5.74) is 8.19.